The van der Waals surface area contributed by atoms with E-state index < -0.39 is 22.5 Å². The first kappa shape index (κ1) is 23.4. The number of aryl methyl sites for hydroxylation is 2. The van der Waals surface area contributed by atoms with Crippen LogP contribution in [0.3, 0.4) is 0 Å². The Kier molecular flexibility index (Phi) is 8.00. The number of amides is 2. The number of hydrogen-bond acceptors (Lipinski definition) is 4. The Morgan fingerprint density at radius 1 is 1.00 bits per heavy atom. The minimum absolute atomic E-state index is 0.283. The second kappa shape index (κ2) is 10.2. The molecule has 0 fully saturated rings. The van der Waals surface area contributed by atoms with Gasteiger partial charge in [-0.15, -0.1) is 0 Å². The summed E-state index contributed by atoms with van der Waals surface area (Å²) in [5.41, 5.74) is 2.67. The van der Waals surface area contributed by atoms with Gasteiger partial charge in [-0.25, -0.2) is 8.42 Å². The van der Waals surface area contributed by atoms with E-state index in [-0.39, 0.29) is 5.91 Å². The van der Waals surface area contributed by atoms with Crippen LogP contribution in [0, 0.1) is 13.8 Å². The van der Waals surface area contributed by atoms with Gasteiger partial charge in [0.05, 0.1) is 23.2 Å². The van der Waals surface area contributed by atoms with Gasteiger partial charge in [0.1, 0.15) is 6.54 Å². The Hall–Kier alpha value is -2.87. The van der Waals surface area contributed by atoms with E-state index in [1.54, 1.807) is 50.2 Å². The SMILES string of the molecule is CCCCNC(=O)c1ccccc1NC(=O)CN(c1c(C)cccc1C)S(C)(=O)=O. The van der Waals surface area contributed by atoms with Crippen molar-refractivity contribution in [3.8, 4) is 0 Å². The standard InChI is InChI=1S/C22H29N3O4S/c1-5-6-14-23-22(27)18-12-7-8-13-19(18)24-20(26)15-25(30(4,28)29)21-16(2)10-9-11-17(21)3/h7-13H,5-6,14-15H2,1-4H3,(H,23,27)(H,24,26). The third-order valence-corrected chi connectivity index (χ3v) is 5.75. The smallest absolute Gasteiger partial charge is 0.253 e. The third-order valence-electron chi connectivity index (χ3n) is 4.64. The van der Waals surface area contributed by atoms with E-state index in [9.17, 15) is 18.0 Å². The number of unbranched alkanes of at least 4 members (excludes halogenated alkanes) is 1. The third kappa shape index (κ3) is 6.06. The molecule has 0 bridgehead atoms. The molecule has 2 amide bonds. The minimum Gasteiger partial charge on any atom is -0.352 e. The highest BCUT2D eigenvalue weighted by atomic mass is 32.2. The van der Waals surface area contributed by atoms with Crippen LogP contribution < -0.4 is 14.9 Å². The van der Waals surface area contributed by atoms with E-state index in [0.717, 1.165) is 34.5 Å². The van der Waals surface area contributed by atoms with E-state index in [1.807, 2.05) is 13.0 Å². The van der Waals surface area contributed by atoms with Gasteiger partial charge < -0.3 is 10.6 Å². The van der Waals surface area contributed by atoms with Gasteiger partial charge in [0.2, 0.25) is 15.9 Å². The maximum Gasteiger partial charge on any atom is 0.253 e. The van der Waals surface area contributed by atoms with E-state index in [0.29, 0.717) is 23.5 Å². The summed E-state index contributed by atoms with van der Waals surface area (Å²) < 4.78 is 26.0. The van der Waals surface area contributed by atoms with Crippen LogP contribution in [0.2, 0.25) is 0 Å². The van der Waals surface area contributed by atoms with Crippen LogP contribution in [-0.4, -0.2) is 39.6 Å². The number of nitrogens with zero attached hydrogens (tertiary/aromatic N) is 1. The number of hydrogen-bond donors (Lipinski definition) is 2. The highest BCUT2D eigenvalue weighted by Crippen LogP contribution is 2.26. The van der Waals surface area contributed by atoms with Crippen molar-refractivity contribution >= 4 is 33.2 Å². The first-order valence-corrected chi connectivity index (χ1v) is 11.7. The topological polar surface area (TPSA) is 95.6 Å². The number of rotatable bonds is 9. The fourth-order valence-electron chi connectivity index (χ4n) is 3.15. The highest BCUT2D eigenvalue weighted by Gasteiger charge is 2.24. The largest absolute Gasteiger partial charge is 0.352 e. The van der Waals surface area contributed by atoms with E-state index >= 15 is 0 Å². The lowest BCUT2D eigenvalue weighted by Gasteiger charge is -2.25. The van der Waals surface area contributed by atoms with Gasteiger partial charge in [-0.3, -0.25) is 13.9 Å². The van der Waals surface area contributed by atoms with Crippen LogP contribution >= 0.6 is 0 Å². The van der Waals surface area contributed by atoms with Crippen molar-refractivity contribution in [3.05, 3.63) is 59.2 Å². The predicted molar refractivity (Wildman–Crippen MR) is 120 cm³/mol. The van der Waals surface area contributed by atoms with Gasteiger partial charge in [-0.1, -0.05) is 43.7 Å². The summed E-state index contributed by atoms with van der Waals surface area (Å²) in [4.78, 5) is 25.2. The second-order valence-electron chi connectivity index (χ2n) is 7.21. The molecule has 0 spiro atoms. The van der Waals surface area contributed by atoms with Crippen molar-refractivity contribution in [1.82, 2.24) is 5.32 Å². The number of carbonyl (C=O) groups is 2. The van der Waals surface area contributed by atoms with Crippen LogP contribution in [0.4, 0.5) is 11.4 Å². The Bertz CT molecular complexity index is 999. The molecule has 0 aliphatic heterocycles. The summed E-state index contributed by atoms with van der Waals surface area (Å²) >= 11 is 0. The Morgan fingerprint density at radius 2 is 1.63 bits per heavy atom. The fourth-order valence-corrected chi connectivity index (χ4v) is 4.12. The summed E-state index contributed by atoms with van der Waals surface area (Å²) in [5.74, 6) is -0.814. The minimum atomic E-state index is -3.70. The summed E-state index contributed by atoms with van der Waals surface area (Å²) in [5, 5.41) is 5.51. The quantitative estimate of drug-likeness (QED) is 0.596. The lowest BCUT2D eigenvalue weighted by molar-refractivity contribution is -0.114. The Labute approximate surface area is 178 Å². The molecule has 0 aliphatic carbocycles. The van der Waals surface area contributed by atoms with E-state index in [2.05, 4.69) is 10.6 Å². The highest BCUT2D eigenvalue weighted by molar-refractivity contribution is 7.92. The van der Waals surface area contributed by atoms with Gasteiger partial charge in [0.25, 0.3) is 5.91 Å². The van der Waals surface area contributed by atoms with Crippen molar-refractivity contribution in [2.75, 3.05) is 29.0 Å². The summed E-state index contributed by atoms with van der Waals surface area (Å²) in [7, 11) is -3.70. The molecule has 162 valence electrons. The molecule has 0 aliphatic rings. The molecule has 0 aromatic heterocycles. The lowest BCUT2D eigenvalue weighted by atomic mass is 10.1. The molecule has 0 saturated heterocycles. The molecule has 2 aromatic carbocycles. The van der Waals surface area contributed by atoms with Crippen LogP contribution in [0.25, 0.3) is 0 Å². The molecule has 0 atom stereocenters. The first-order chi connectivity index (χ1) is 14.1. The molecule has 7 nitrogen and oxygen atoms in total. The molecular formula is C22H29N3O4S. The average Bonchev–Trinajstić information content (AvgIpc) is 2.66. The van der Waals surface area contributed by atoms with Crippen molar-refractivity contribution in [2.45, 2.75) is 33.6 Å². The van der Waals surface area contributed by atoms with Gasteiger partial charge >= 0.3 is 0 Å². The summed E-state index contributed by atoms with van der Waals surface area (Å²) in [6.07, 6.45) is 2.89. The number of benzene rings is 2. The molecule has 0 unspecified atom stereocenters. The molecule has 0 saturated carbocycles. The van der Waals surface area contributed by atoms with Crippen molar-refractivity contribution in [2.24, 2.45) is 0 Å². The molecule has 0 heterocycles. The Balaban J connectivity index is 2.24. The average molecular weight is 432 g/mol. The number of carbonyl (C=O) groups excluding carboxylic acids is 2. The second-order valence-corrected chi connectivity index (χ2v) is 9.12. The van der Waals surface area contributed by atoms with Crippen molar-refractivity contribution < 1.29 is 18.0 Å². The summed E-state index contributed by atoms with van der Waals surface area (Å²) in [6, 6.07) is 12.1. The maximum atomic E-state index is 12.8. The number of nitrogens with one attached hydrogen (secondary N) is 2. The zero-order valence-electron chi connectivity index (χ0n) is 17.9. The molecule has 2 N–H and O–H groups in total. The number of para-hydroxylation sites is 2. The lowest BCUT2D eigenvalue weighted by Crippen LogP contribution is -2.38. The molecular weight excluding hydrogens is 402 g/mol. The van der Waals surface area contributed by atoms with Crippen molar-refractivity contribution in [3.63, 3.8) is 0 Å². The molecule has 2 rings (SSSR count). The van der Waals surface area contributed by atoms with Crippen LogP contribution in [0.15, 0.2) is 42.5 Å². The van der Waals surface area contributed by atoms with Crippen LogP contribution in [-0.2, 0) is 14.8 Å². The summed E-state index contributed by atoms with van der Waals surface area (Å²) in [6.45, 7) is 5.79. The van der Waals surface area contributed by atoms with Crippen molar-refractivity contribution in [1.29, 1.82) is 0 Å². The van der Waals surface area contributed by atoms with E-state index in [4.69, 9.17) is 0 Å². The maximum absolute atomic E-state index is 12.8. The van der Waals surface area contributed by atoms with Gasteiger partial charge in [-0.05, 0) is 43.5 Å². The Morgan fingerprint density at radius 3 is 2.23 bits per heavy atom. The monoisotopic (exact) mass is 431 g/mol. The zero-order valence-corrected chi connectivity index (χ0v) is 18.7. The molecule has 2 aromatic rings. The van der Waals surface area contributed by atoms with E-state index in [1.165, 1.54) is 0 Å². The number of anilines is 2. The molecule has 8 heteroatoms. The molecule has 0 radical (unpaired) electrons. The van der Waals surface area contributed by atoms with Gasteiger partial charge in [0, 0.05) is 6.54 Å². The fraction of sp³-hybridized carbons (Fsp3) is 0.364. The number of sulfonamides is 1. The normalized spacial score (nSPS) is 11.1. The zero-order chi connectivity index (χ0) is 22.3. The molecule has 30 heavy (non-hydrogen) atoms. The predicted octanol–water partition coefficient (Wildman–Crippen LogP) is 3.24. The van der Waals surface area contributed by atoms with Crippen LogP contribution in [0.5, 0.6) is 0 Å². The van der Waals surface area contributed by atoms with Gasteiger partial charge in [0.15, 0.2) is 0 Å². The van der Waals surface area contributed by atoms with Crippen LogP contribution in [0.1, 0.15) is 41.3 Å². The van der Waals surface area contributed by atoms with Gasteiger partial charge in [-0.2, -0.15) is 0 Å². The first-order valence-electron chi connectivity index (χ1n) is 9.86.